The Bertz CT molecular complexity index is 782. The molecule has 1 aromatic carbocycles. The monoisotopic (exact) mass is 491 g/mol. The zero-order valence-electron chi connectivity index (χ0n) is 22.3. The number of hydrazine groups is 1. The summed E-state index contributed by atoms with van der Waals surface area (Å²) in [6.45, 7) is 11.6. The molecule has 1 aliphatic carbocycles. The SMILES string of the molecule is CC(C)(C)OC(=O)N[C@H](Cc1ccccc1)[C@H](O)CN(CC1CCCCC1)NC(=O)OC(C)(C)C. The summed E-state index contributed by atoms with van der Waals surface area (Å²) in [7, 11) is 0. The van der Waals surface area contributed by atoms with Gasteiger partial charge in [-0.25, -0.2) is 14.6 Å². The first kappa shape index (κ1) is 28.9. The Morgan fingerprint density at radius 1 is 0.971 bits per heavy atom. The van der Waals surface area contributed by atoms with Gasteiger partial charge in [0.05, 0.1) is 12.1 Å². The molecule has 2 amide bonds. The molecule has 0 heterocycles. The Morgan fingerprint density at radius 2 is 1.54 bits per heavy atom. The van der Waals surface area contributed by atoms with Gasteiger partial charge in [0.2, 0.25) is 0 Å². The molecule has 198 valence electrons. The van der Waals surface area contributed by atoms with E-state index in [2.05, 4.69) is 10.7 Å². The number of hydrogen-bond donors (Lipinski definition) is 3. The van der Waals surface area contributed by atoms with E-state index in [4.69, 9.17) is 9.47 Å². The zero-order valence-corrected chi connectivity index (χ0v) is 22.3. The number of benzene rings is 1. The second-order valence-corrected chi connectivity index (χ2v) is 11.5. The Balaban J connectivity index is 2.15. The van der Waals surface area contributed by atoms with Crippen LogP contribution in [-0.2, 0) is 15.9 Å². The lowest BCUT2D eigenvalue weighted by Crippen LogP contribution is -2.55. The van der Waals surface area contributed by atoms with E-state index in [1.807, 2.05) is 51.1 Å². The fourth-order valence-corrected chi connectivity index (χ4v) is 4.24. The highest BCUT2D eigenvalue weighted by Gasteiger charge is 2.29. The average molecular weight is 492 g/mol. The number of hydrogen-bond acceptors (Lipinski definition) is 6. The first-order chi connectivity index (χ1) is 16.3. The lowest BCUT2D eigenvalue weighted by Gasteiger charge is -2.34. The van der Waals surface area contributed by atoms with Crippen LogP contribution >= 0.6 is 0 Å². The van der Waals surface area contributed by atoms with Crippen molar-refractivity contribution in [2.24, 2.45) is 5.92 Å². The number of rotatable bonds is 9. The third-order valence-electron chi connectivity index (χ3n) is 5.72. The molecule has 8 nitrogen and oxygen atoms in total. The van der Waals surface area contributed by atoms with Gasteiger partial charge in [0.1, 0.15) is 11.2 Å². The van der Waals surface area contributed by atoms with Crippen LogP contribution in [0.5, 0.6) is 0 Å². The largest absolute Gasteiger partial charge is 0.444 e. The Morgan fingerprint density at radius 3 is 2.11 bits per heavy atom. The van der Waals surface area contributed by atoms with Gasteiger partial charge in [-0.15, -0.1) is 0 Å². The van der Waals surface area contributed by atoms with E-state index in [9.17, 15) is 14.7 Å². The van der Waals surface area contributed by atoms with E-state index in [-0.39, 0.29) is 6.54 Å². The van der Waals surface area contributed by atoms with E-state index in [1.165, 1.54) is 19.3 Å². The van der Waals surface area contributed by atoms with Gasteiger partial charge in [-0.1, -0.05) is 49.6 Å². The van der Waals surface area contributed by atoms with Crippen LogP contribution in [0.1, 0.15) is 79.2 Å². The number of carbonyl (C=O) groups is 2. The van der Waals surface area contributed by atoms with Crippen LogP contribution in [-0.4, -0.2) is 58.7 Å². The second-order valence-electron chi connectivity index (χ2n) is 11.5. The van der Waals surface area contributed by atoms with Gasteiger partial charge < -0.3 is 19.9 Å². The zero-order chi connectivity index (χ0) is 26.1. The minimum atomic E-state index is -0.957. The van der Waals surface area contributed by atoms with E-state index in [0.717, 1.165) is 18.4 Å². The van der Waals surface area contributed by atoms with Gasteiger partial charge in [-0.3, -0.25) is 5.43 Å². The molecular weight excluding hydrogens is 446 g/mol. The van der Waals surface area contributed by atoms with E-state index >= 15 is 0 Å². The topological polar surface area (TPSA) is 100 Å². The summed E-state index contributed by atoms with van der Waals surface area (Å²) in [6, 6.07) is 9.07. The maximum absolute atomic E-state index is 12.6. The molecule has 1 aromatic rings. The summed E-state index contributed by atoms with van der Waals surface area (Å²) in [5, 5.41) is 15.8. The molecule has 0 aliphatic heterocycles. The van der Waals surface area contributed by atoms with Crippen LogP contribution < -0.4 is 10.7 Å². The van der Waals surface area contributed by atoms with E-state index in [0.29, 0.717) is 18.9 Å². The van der Waals surface area contributed by atoms with Gasteiger partial charge in [0.15, 0.2) is 0 Å². The Hall–Kier alpha value is -2.32. The predicted octanol–water partition coefficient (Wildman–Crippen LogP) is 4.81. The van der Waals surface area contributed by atoms with Gasteiger partial charge in [0.25, 0.3) is 0 Å². The van der Waals surface area contributed by atoms with Crippen LogP contribution in [0.15, 0.2) is 30.3 Å². The maximum Gasteiger partial charge on any atom is 0.422 e. The fraction of sp³-hybridized carbons (Fsp3) is 0.704. The molecule has 3 N–H and O–H groups in total. The molecule has 0 unspecified atom stereocenters. The number of aliphatic hydroxyl groups is 1. The van der Waals surface area contributed by atoms with E-state index < -0.39 is 35.5 Å². The summed E-state index contributed by atoms with van der Waals surface area (Å²) in [6.07, 6.45) is 4.08. The summed E-state index contributed by atoms with van der Waals surface area (Å²) in [4.78, 5) is 25.1. The van der Waals surface area contributed by atoms with Gasteiger partial charge in [-0.05, 0) is 72.3 Å². The van der Waals surface area contributed by atoms with Crippen molar-refractivity contribution in [2.45, 2.75) is 103 Å². The van der Waals surface area contributed by atoms with Crippen molar-refractivity contribution < 1.29 is 24.2 Å². The fourth-order valence-electron chi connectivity index (χ4n) is 4.24. The smallest absolute Gasteiger partial charge is 0.422 e. The standard InChI is InChI=1S/C27H45N3O5/c1-26(2,3)34-24(32)28-22(17-20-13-9-7-10-14-20)23(31)19-30(18-21-15-11-8-12-16-21)29-25(33)35-27(4,5)6/h7,9-10,13-14,21-23,31H,8,11-12,15-19H2,1-6H3,(H,28,32)(H,29,33)/t22-,23-/m1/s1. The average Bonchev–Trinajstić information content (AvgIpc) is 2.72. The molecule has 1 fully saturated rings. The normalized spacial score (nSPS) is 16.9. The molecule has 2 rings (SSSR count). The Kier molecular flexibility index (Phi) is 10.8. The molecular formula is C27H45N3O5. The number of ether oxygens (including phenoxy) is 2. The number of carbonyl (C=O) groups excluding carboxylic acids is 2. The first-order valence-corrected chi connectivity index (χ1v) is 12.8. The molecule has 0 spiro atoms. The second kappa shape index (κ2) is 13.1. The van der Waals surface area contributed by atoms with Crippen LogP contribution in [0.4, 0.5) is 9.59 Å². The molecule has 35 heavy (non-hydrogen) atoms. The molecule has 1 saturated carbocycles. The number of aliphatic hydroxyl groups excluding tert-OH is 1. The number of alkyl carbamates (subject to hydrolysis) is 1. The van der Waals surface area contributed by atoms with Crippen molar-refractivity contribution in [2.75, 3.05) is 13.1 Å². The highest BCUT2D eigenvalue weighted by Crippen LogP contribution is 2.24. The van der Waals surface area contributed by atoms with Crippen LogP contribution in [0.25, 0.3) is 0 Å². The minimum Gasteiger partial charge on any atom is -0.444 e. The van der Waals surface area contributed by atoms with Crippen molar-refractivity contribution in [3.05, 3.63) is 35.9 Å². The van der Waals surface area contributed by atoms with Gasteiger partial charge >= 0.3 is 12.2 Å². The highest BCUT2D eigenvalue weighted by atomic mass is 16.6. The lowest BCUT2D eigenvalue weighted by atomic mass is 9.89. The van der Waals surface area contributed by atoms with Crippen molar-refractivity contribution in [1.82, 2.24) is 15.8 Å². The van der Waals surface area contributed by atoms with Gasteiger partial charge in [-0.2, -0.15) is 0 Å². The third-order valence-corrected chi connectivity index (χ3v) is 5.72. The van der Waals surface area contributed by atoms with Crippen molar-refractivity contribution in [3.8, 4) is 0 Å². The first-order valence-electron chi connectivity index (χ1n) is 12.8. The van der Waals surface area contributed by atoms with Crippen molar-refractivity contribution in [1.29, 1.82) is 0 Å². The van der Waals surface area contributed by atoms with Crippen LogP contribution in [0.3, 0.4) is 0 Å². The third kappa shape index (κ3) is 12.3. The number of nitrogens with one attached hydrogen (secondary N) is 2. The quantitative estimate of drug-likeness (QED) is 0.429. The van der Waals surface area contributed by atoms with E-state index in [1.54, 1.807) is 25.8 Å². The van der Waals surface area contributed by atoms with Gasteiger partial charge in [0, 0.05) is 13.1 Å². The minimum absolute atomic E-state index is 0.142. The summed E-state index contributed by atoms with van der Waals surface area (Å²) >= 11 is 0. The van der Waals surface area contributed by atoms with Crippen molar-refractivity contribution in [3.63, 3.8) is 0 Å². The Labute approximate surface area is 210 Å². The molecule has 0 aromatic heterocycles. The number of amides is 2. The van der Waals surface area contributed by atoms with Crippen molar-refractivity contribution >= 4 is 12.2 Å². The molecule has 2 atom stereocenters. The summed E-state index contributed by atoms with van der Waals surface area (Å²) in [5.74, 6) is 0.428. The van der Waals surface area contributed by atoms with Crippen LogP contribution in [0, 0.1) is 5.92 Å². The van der Waals surface area contributed by atoms with Crippen LogP contribution in [0.2, 0.25) is 0 Å². The summed E-state index contributed by atoms with van der Waals surface area (Å²) < 4.78 is 10.9. The molecule has 0 saturated heterocycles. The molecule has 8 heteroatoms. The lowest BCUT2D eigenvalue weighted by molar-refractivity contribution is 0.00718. The molecule has 1 aliphatic rings. The molecule has 0 radical (unpaired) electrons. The predicted molar refractivity (Wildman–Crippen MR) is 137 cm³/mol. The summed E-state index contributed by atoms with van der Waals surface area (Å²) in [5.41, 5.74) is 2.52. The number of nitrogens with zero attached hydrogens (tertiary/aromatic N) is 1. The highest BCUT2D eigenvalue weighted by molar-refractivity contribution is 5.68. The maximum atomic E-state index is 12.6. The molecule has 0 bridgehead atoms.